The van der Waals surface area contributed by atoms with Crippen LogP contribution in [0.3, 0.4) is 0 Å². The summed E-state index contributed by atoms with van der Waals surface area (Å²) in [4.78, 5) is 22.8. The maximum Gasteiger partial charge on any atom is 0.267 e. The van der Waals surface area contributed by atoms with Crippen molar-refractivity contribution in [3.05, 3.63) is 35.4 Å². The first-order valence-electron chi connectivity index (χ1n) is 5.07. The lowest BCUT2D eigenvalue weighted by Gasteiger charge is -2.14. The van der Waals surface area contributed by atoms with E-state index in [1.807, 2.05) is 6.07 Å². The van der Waals surface area contributed by atoms with Crippen LogP contribution in [0.25, 0.3) is 0 Å². The van der Waals surface area contributed by atoms with Crippen molar-refractivity contribution in [1.82, 2.24) is 10.8 Å². The van der Waals surface area contributed by atoms with Crippen molar-refractivity contribution in [2.75, 3.05) is 6.54 Å². The Morgan fingerprint density at radius 2 is 1.95 bits per heavy atom. The molecule has 0 heterocycles. The summed E-state index contributed by atoms with van der Waals surface area (Å²) in [6.45, 7) is -0.144. The number of hydroxylamine groups is 1. The molecule has 2 amide bonds. The Morgan fingerprint density at radius 3 is 2.37 bits per heavy atom. The van der Waals surface area contributed by atoms with Gasteiger partial charge in [0.05, 0.1) is 11.6 Å². The first kappa shape index (κ1) is 16.6. The lowest BCUT2D eigenvalue weighted by Crippen LogP contribution is -2.50. The standard InChI is InChI=1S/C11H12N4O3.CH4/c12-5-7-1-3-8(4-2-7)10(16)14-9(6-13)11(17)15-18;/h1-4,9,18H,6,13H2,(H,14,16)(H,15,17);1H4/t9-;/m0./s1. The molecule has 0 fully saturated rings. The molecule has 0 aliphatic rings. The normalized spacial score (nSPS) is 10.6. The summed E-state index contributed by atoms with van der Waals surface area (Å²) >= 11 is 0. The van der Waals surface area contributed by atoms with Crippen LogP contribution in [0.2, 0.25) is 0 Å². The summed E-state index contributed by atoms with van der Waals surface area (Å²) in [6.07, 6.45) is 0. The number of nitrogens with one attached hydrogen (secondary N) is 2. The number of nitrogens with two attached hydrogens (primary N) is 1. The van der Waals surface area contributed by atoms with Gasteiger partial charge in [0.15, 0.2) is 0 Å². The molecule has 1 aromatic rings. The van der Waals surface area contributed by atoms with Crippen LogP contribution < -0.4 is 16.5 Å². The summed E-state index contributed by atoms with van der Waals surface area (Å²) in [5.41, 5.74) is 7.42. The third-order valence-electron chi connectivity index (χ3n) is 2.24. The molecule has 0 saturated heterocycles. The Balaban J connectivity index is 0.00000324. The Bertz CT molecular complexity index is 479. The second kappa shape index (κ2) is 7.81. The molecule has 0 saturated carbocycles. The zero-order valence-electron chi connectivity index (χ0n) is 9.38. The lowest BCUT2D eigenvalue weighted by molar-refractivity contribution is -0.130. The smallest absolute Gasteiger partial charge is 0.267 e. The molecule has 0 bridgehead atoms. The largest absolute Gasteiger partial charge is 0.339 e. The number of carbonyl (C=O) groups is 2. The fraction of sp³-hybridized carbons (Fsp3) is 0.250. The van der Waals surface area contributed by atoms with E-state index in [1.165, 1.54) is 29.7 Å². The van der Waals surface area contributed by atoms with Gasteiger partial charge in [0, 0.05) is 12.1 Å². The highest BCUT2D eigenvalue weighted by molar-refractivity contribution is 5.97. The van der Waals surface area contributed by atoms with E-state index in [1.54, 1.807) is 0 Å². The zero-order chi connectivity index (χ0) is 13.5. The molecule has 0 aliphatic carbocycles. The van der Waals surface area contributed by atoms with Gasteiger partial charge in [-0.1, -0.05) is 7.43 Å². The average Bonchev–Trinajstić information content (AvgIpc) is 2.43. The molecule has 7 nitrogen and oxygen atoms in total. The van der Waals surface area contributed by atoms with Gasteiger partial charge < -0.3 is 11.1 Å². The molecular formula is C12H16N4O3. The fourth-order valence-electron chi connectivity index (χ4n) is 1.25. The number of hydrogen-bond acceptors (Lipinski definition) is 5. The predicted molar refractivity (Wildman–Crippen MR) is 68.1 cm³/mol. The molecule has 0 spiro atoms. The summed E-state index contributed by atoms with van der Waals surface area (Å²) in [5, 5.41) is 19.4. The second-order valence-electron chi connectivity index (χ2n) is 3.43. The number of benzene rings is 1. The Morgan fingerprint density at radius 1 is 1.37 bits per heavy atom. The minimum atomic E-state index is -1.02. The molecule has 19 heavy (non-hydrogen) atoms. The molecule has 0 aromatic heterocycles. The minimum absolute atomic E-state index is 0. The van der Waals surface area contributed by atoms with Crippen LogP contribution in [0.5, 0.6) is 0 Å². The fourth-order valence-corrected chi connectivity index (χ4v) is 1.25. The number of amides is 2. The Hall–Kier alpha value is -2.43. The van der Waals surface area contributed by atoms with Gasteiger partial charge in [-0.3, -0.25) is 14.8 Å². The number of hydrogen-bond donors (Lipinski definition) is 4. The lowest BCUT2D eigenvalue weighted by atomic mass is 10.1. The van der Waals surface area contributed by atoms with E-state index in [9.17, 15) is 9.59 Å². The van der Waals surface area contributed by atoms with E-state index >= 15 is 0 Å². The average molecular weight is 264 g/mol. The van der Waals surface area contributed by atoms with Crippen molar-refractivity contribution in [3.63, 3.8) is 0 Å². The molecule has 0 unspecified atom stereocenters. The molecule has 7 heteroatoms. The number of nitriles is 1. The minimum Gasteiger partial charge on any atom is -0.339 e. The van der Waals surface area contributed by atoms with Gasteiger partial charge >= 0.3 is 0 Å². The van der Waals surface area contributed by atoms with E-state index < -0.39 is 17.9 Å². The molecule has 5 N–H and O–H groups in total. The molecular weight excluding hydrogens is 248 g/mol. The molecule has 0 aliphatic heterocycles. The van der Waals surface area contributed by atoms with Crippen molar-refractivity contribution < 1.29 is 14.8 Å². The van der Waals surface area contributed by atoms with Crippen LogP contribution >= 0.6 is 0 Å². The van der Waals surface area contributed by atoms with Gasteiger partial charge in [0.2, 0.25) is 0 Å². The number of carbonyl (C=O) groups excluding carboxylic acids is 2. The maximum atomic E-state index is 11.7. The SMILES string of the molecule is C.N#Cc1ccc(C(=O)N[C@@H](CN)C(=O)NO)cc1. The molecule has 1 rings (SSSR count). The predicted octanol–water partition coefficient (Wildman–Crippen LogP) is -0.243. The molecule has 1 atom stereocenters. The van der Waals surface area contributed by atoms with Crippen molar-refractivity contribution >= 4 is 11.8 Å². The van der Waals surface area contributed by atoms with E-state index in [0.29, 0.717) is 5.56 Å². The number of rotatable bonds is 4. The van der Waals surface area contributed by atoms with E-state index in [-0.39, 0.29) is 19.5 Å². The first-order valence-corrected chi connectivity index (χ1v) is 5.07. The number of nitrogens with zero attached hydrogens (tertiary/aromatic N) is 1. The molecule has 0 radical (unpaired) electrons. The highest BCUT2D eigenvalue weighted by atomic mass is 16.5. The van der Waals surface area contributed by atoms with Crippen LogP contribution in [-0.4, -0.2) is 29.6 Å². The summed E-state index contributed by atoms with van der Waals surface area (Å²) in [5.74, 6) is -1.31. The van der Waals surface area contributed by atoms with Crippen LogP contribution in [-0.2, 0) is 4.79 Å². The topological polar surface area (TPSA) is 128 Å². The highest BCUT2D eigenvalue weighted by Crippen LogP contribution is 2.03. The zero-order valence-corrected chi connectivity index (χ0v) is 9.38. The Kier molecular flexibility index (Phi) is 6.81. The quantitative estimate of drug-likeness (QED) is 0.440. The second-order valence-corrected chi connectivity index (χ2v) is 3.43. The van der Waals surface area contributed by atoms with Crippen molar-refractivity contribution in [3.8, 4) is 6.07 Å². The van der Waals surface area contributed by atoms with Gasteiger partial charge in [0.1, 0.15) is 6.04 Å². The van der Waals surface area contributed by atoms with Crippen LogP contribution in [0.1, 0.15) is 23.3 Å². The van der Waals surface area contributed by atoms with Gasteiger partial charge in [-0.05, 0) is 24.3 Å². The summed E-state index contributed by atoms with van der Waals surface area (Å²) < 4.78 is 0. The van der Waals surface area contributed by atoms with E-state index in [4.69, 9.17) is 16.2 Å². The third kappa shape index (κ3) is 4.39. The summed E-state index contributed by atoms with van der Waals surface area (Å²) in [7, 11) is 0. The van der Waals surface area contributed by atoms with Crippen molar-refractivity contribution in [1.29, 1.82) is 5.26 Å². The van der Waals surface area contributed by atoms with Gasteiger partial charge in [-0.25, -0.2) is 5.48 Å². The first-order chi connectivity index (χ1) is 8.62. The van der Waals surface area contributed by atoms with Crippen molar-refractivity contribution in [2.45, 2.75) is 13.5 Å². The van der Waals surface area contributed by atoms with Gasteiger partial charge in [-0.2, -0.15) is 5.26 Å². The summed E-state index contributed by atoms with van der Waals surface area (Å²) in [6, 6.07) is 6.79. The molecule has 102 valence electrons. The van der Waals surface area contributed by atoms with Gasteiger partial charge in [0.25, 0.3) is 11.8 Å². The van der Waals surface area contributed by atoms with E-state index in [0.717, 1.165) is 0 Å². The van der Waals surface area contributed by atoms with Gasteiger partial charge in [-0.15, -0.1) is 0 Å². The highest BCUT2D eigenvalue weighted by Gasteiger charge is 2.19. The molecule has 1 aromatic carbocycles. The maximum absolute atomic E-state index is 11.7. The van der Waals surface area contributed by atoms with Crippen LogP contribution in [0, 0.1) is 11.3 Å². The van der Waals surface area contributed by atoms with E-state index in [2.05, 4.69) is 5.32 Å². The Labute approximate surface area is 111 Å². The monoisotopic (exact) mass is 264 g/mol. The van der Waals surface area contributed by atoms with Crippen molar-refractivity contribution in [2.24, 2.45) is 5.73 Å². The van der Waals surface area contributed by atoms with Crippen LogP contribution in [0.15, 0.2) is 24.3 Å². The van der Waals surface area contributed by atoms with Crippen LogP contribution in [0.4, 0.5) is 0 Å². The third-order valence-corrected chi connectivity index (χ3v) is 2.24.